The minimum atomic E-state index is -0.345. The van der Waals surface area contributed by atoms with Gasteiger partial charge in [0.05, 0.1) is 6.04 Å². The van der Waals surface area contributed by atoms with Gasteiger partial charge in [0.1, 0.15) is 6.29 Å². The number of amides is 1. The summed E-state index contributed by atoms with van der Waals surface area (Å²) >= 11 is 0. The number of nitrogens with one attached hydrogen (secondary N) is 1. The monoisotopic (exact) mass is 288 g/mol. The molecule has 0 saturated heterocycles. The van der Waals surface area contributed by atoms with Crippen LogP contribution in [0.15, 0.2) is 42.0 Å². The molecule has 1 aromatic carbocycles. The van der Waals surface area contributed by atoms with Crippen molar-refractivity contribution in [3.8, 4) is 0 Å². The van der Waals surface area contributed by atoms with E-state index in [1.54, 1.807) is 12.5 Å². The first-order valence-corrected chi connectivity index (χ1v) is 7.42. The van der Waals surface area contributed by atoms with E-state index < -0.39 is 0 Å². The molecule has 0 bridgehead atoms. The highest BCUT2D eigenvalue weighted by Gasteiger charge is 2.20. The third kappa shape index (κ3) is 7.45. The second-order valence-electron chi connectivity index (χ2n) is 5.47. The van der Waals surface area contributed by atoms with E-state index >= 15 is 0 Å². The molecule has 21 heavy (non-hydrogen) atoms. The molecule has 3 nitrogen and oxygen atoms in total. The molecule has 1 N–H and O–H groups in total. The van der Waals surface area contributed by atoms with Gasteiger partial charge < -0.3 is 10.1 Å². The molecule has 115 valence electrons. The van der Waals surface area contributed by atoms with E-state index in [1.165, 1.54) is 5.56 Å². The molecule has 0 aliphatic heterocycles. The number of hydrogen-bond acceptors (Lipinski definition) is 2. The maximum Gasteiger partial charge on any atom is 0.248 e. The molecule has 0 fully saturated rings. The number of carbonyl (C=O) groups excluding carboxylic acids is 2. The molecule has 0 saturated carbocycles. The van der Waals surface area contributed by atoms with Gasteiger partial charge in [0.15, 0.2) is 0 Å². The summed E-state index contributed by atoms with van der Waals surface area (Å²) in [7, 11) is 0. The summed E-state index contributed by atoms with van der Waals surface area (Å²) in [6.45, 7) is 6.20. The molecular formula is C18H26NO2. The minimum absolute atomic E-state index is 0. The molecule has 0 aromatic heterocycles. The Hall–Kier alpha value is -1.90. The van der Waals surface area contributed by atoms with Crippen LogP contribution in [0.25, 0.3) is 0 Å². The minimum Gasteiger partial charge on any atom is -0.343 e. The number of aryl methyl sites for hydroxylation is 1. The highest BCUT2D eigenvalue weighted by atomic mass is 16.2. The van der Waals surface area contributed by atoms with Crippen molar-refractivity contribution in [2.24, 2.45) is 5.92 Å². The van der Waals surface area contributed by atoms with Gasteiger partial charge >= 0.3 is 0 Å². The fourth-order valence-electron chi connectivity index (χ4n) is 1.81. The van der Waals surface area contributed by atoms with E-state index in [4.69, 9.17) is 0 Å². The van der Waals surface area contributed by atoms with Crippen molar-refractivity contribution < 1.29 is 11.0 Å². The highest BCUT2D eigenvalue weighted by molar-refractivity contribution is 6.02. The Labute approximate surface area is 128 Å². The van der Waals surface area contributed by atoms with Gasteiger partial charge in [-0.25, -0.2) is 0 Å². The van der Waals surface area contributed by atoms with Gasteiger partial charge in [0.2, 0.25) is 5.91 Å². The van der Waals surface area contributed by atoms with Crippen LogP contribution < -0.4 is 5.32 Å². The molecule has 1 aliphatic rings. The third-order valence-electron chi connectivity index (χ3n) is 3.05. The summed E-state index contributed by atoms with van der Waals surface area (Å²) in [5.41, 5.74) is 2.09. The van der Waals surface area contributed by atoms with E-state index in [-0.39, 0.29) is 13.4 Å². The van der Waals surface area contributed by atoms with Crippen LogP contribution in [0.5, 0.6) is 0 Å². The second-order valence-corrected chi connectivity index (χ2v) is 5.47. The lowest BCUT2D eigenvalue weighted by molar-refractivity contribution is -0.120. The Morgan fingerprint density at radius 3 is 2.29 bits per heavy atom. The van der Waals surface area contributed by atoms with Crippen molar-refractivity contribution in [3.05, 3.63) is 54.0 Å². The molecule has 1 aromatic rings. The van der Waals surface area contributed by atoms with Crippen LogP contribution in [-0.4, -0.2) is 18.2 Å². The molecule has 0 spiro atoms. The van der Waals surface area contributed by atoms with Gasteiger partial charge in [-0.3, -0.25) is 4.79 Å². The number of hydrogen-bond donors (Lipinski definition) is 1. The van der Waals surface area contributed by atoms with Crippen LogP contribution in [0.4, 0.5) is 0 Å². The largest absolute Gasteiger partial charge is 0.343 e. The van der Waals surface area contributed by atoms with E-state index in [1.807, 2.05) is 19.9 Å². The molecule has 2 rings (SSSR count). The van der Waals surface area contributed by atoms with Crippen LogP contribution in [0, 0.1) is 12.3 Å². The van der Waals surface area contributed by atoms with Crippen LogP contribution >= 0.6 is 0 Å². The van der Waals surface area contributed by atoms with E-state index in [0.29, 0.717) is 17.9 Å². The average Bonchev–Trinajstić information content (AvgIpc) is 3.32. The summed E-state index contributed by atoms with van der Waals surface area (Å²) in [4.78, 5) is 21.8. The van der Waals surface area contributed by atoms with Crippen LogP contribution in [0.1, 0.15) is 34.2 Å². The maximum absolute atomic E-state index is 11.2. The Morgan fingerprint density at radius 2 is 1.90 bits per heavy atom. The molecule has 3 heteroatoms. The predicted octanol–water partition coefficient (Wildman–Crippen LogP) is 3.36. The summed E-state index contributed by atoms with van der Waals surface area (Å²) in [5.74, 6) is 0.269. The average molecular weight is 288 g/mol. The van der Waals surface area contributed by atoms with Gasteiger partial charge in [-0.2, -0.15) is 0 Å². The molecule has 1 radical (unpaired) electrons. The molecule has 1 atom stereocenters. The molecular weight excluding hydrogens is 262 g/mol. The van der Waals surface area contributed by atoms with E-state index in [9.17, 15) is 9.59 Å². The first-order chi connectivity index (χ1) is 10.1. The van der Waals surface area contributed by atoms with Crippen molar-refractivity contribution in [1.29, 1.82) is 0 Å². The zero-order valence-corrected chi connectivity index (χ0v) is 13.0. The Bertz CT molecular complexity index is 483. The number of carbonyl (C=O) groups is 2. The fraction of sp³-hybridized carbons (Fsp3) is 0.389. The lowest BCUT2D eigenvalue weighted by Crippen LogP contribution is -2.36. The van der Waals surface area contributed by atoms with Crippen molar-refractivity contribution in [2.75, 3.05) is 0 Å². The highest BCUT2D eigenvalue weighted by Crippen LogP contribution is 2.16. The third-order valence-corrected chi connectivity index (χ3v) is 3.05. The Kier molecular flexibility index (Phi) is 7.44. The lowest BCUT2D eigenvalue weighted by atomic mass is 10.0. The van der Waals surface area contributed by atoms with Gasteiger partial charge in [-0.05, 0) is 24.3 Å². The standard InChI is InChI=1S/C10H14NO2.C8H10.H2/c1-7(2)5-9(6-12)11-10(13)8-3-4-8;1-2-8-6-4-3-5-7-8;/h3-4,6-7,9H,5H2,1-2H3,(H,11,13);3-7H,2H2,1H3;1H/t9-;;/m0../s1. The Balaban J connectivity index is 0.000000423. The quantitative estimate of drug-likeness (QED) is 0.816. The van der Waals surface area contributed by atoms with Crippen LogP contribution in [-0.2, 0) is 16.0 Å². The van der Waals surface area contributed by atoms with Crippen LogP contribution in [0.2, 0.25) is 0 Å². The number of allylic oxidation sites excluding steroid dienone is 1. The van der Waals surface area contributed by atoms with Crippen molar-refractivity contribution in [1.82, 2.24) is 5.32 Å². The Morgan fingerprint density at radius 1 is 1.29 bits per heavy atom. The summed E-state index contributed by atoms with van der Waals surface area (Å²) < 4.78 is 0. The zero-order chi connectivity index (χ0) is 15.7. The van der Waals surface area contributed by atoms with Gasteiger partial charge in [-0.1, -0.05) is 57.2 Å². The zero-order valence-electron chi connectivity index (χ0n) is 13.0. The summed E-state index contributed by atoms with van der Waals surface area (Å²) in [6.07, 6.45) is 6.09. The maximum atomic E-state index is 11.2. The van der Waals surface area contributed by atoms with Gasteiger partial charge in [0, 0.05) is 13.4 Å². The van der Waals surface area contributed by atoms with E-state index in [0.717, 1.165) is 12.7 Å². The smallest absolute Gasteiger partial charge is 0.248 e. The fourth-order valence-corrected chi connectivity index (χ4v) is 1.81. The molecule has 1 amide bonds. The molecule has 1 aliphatic carbocycles. The topological polar surface area (TPSA) is 46.2 Å². The SMILES string of the molecule is CC(C)C[C@@H](C=O)NC(=O)C1=C[CH]1.CCc1ccccc1.[HH]. The van der Waals surface area contributed by atoms with Gasteiger partial charge in [0.25, 0.3) is 0 Å². The van der Waals surface area contributed by atoms with Gasteiger partial charge in [-0.15, -0.1) is 0 Å². The number of aldehydes is 1. The van der Waals surface area contributed by atoms with Crippen LogP contribution in [0.3, 0.4) is 0 Å². The predicted molar refractivity (Wildman–Crippen MR) is 87.8 cm³/mol. The summed E-state index contributed by atoms with van der Waals surface area (Å²) in [5, 5.41) is 2.65. The van der Waals surface area contributed by atoms with E-state index in [2.05, 4.69) is 36.5 Å². The number of rotatable bonds is 6. The first-order valence-electron chi connectivity index (χ1n) is 7.42. The second kappa shape index (κ2) is 9.11. The lowest BCUT2D eigenvalue weighted by Gasteiger charge is -2.13. The van der Waals surface area contributed by atoms with Crippen molar-refractivity contribution in [2.45, 2.75) is 39.7 Å². The molecule has 0 unspecified atom stereocenters. The van der Waals surface area contributed by atoms with Crippen molar-refractivity contribution in [3.63, 3.8) is 0 Å². The summed E-state index contributed by atoms with van der Waals surface area (Å²) in [6, 6.07) is 10.1. The van der Waals surface area contributed by atoms with Crippen molar-refractivity contribution >= 4 is 12.2 Å². The first kappa shape index (κ1) is 17.2. The number of benzene rings is 1. The normalized spacial score (nSPS) is 13.6. The molecule has 0 heterocycles.